The molecule has 2 heterocycles. The van der Waals surface area contributed by atoms with Crippen LogP contribution in [0.25, 0.3) is 0 Å². The Balaban J connectivity index is 1.87. The highest BCUT2D eigenvalue weighted by molar-refractivity contribution is 5.03. The predicted octanol–water partition coefficient (Wildman–Crippen LogP) is 1.38. The van der Waals surface area contributed by atoms with Crippen molar-refractivity contribution in [3.63, 3.8) is 0 Å². The minimum absolute atomic E-state index is 0.300. The number of rotatable bonds is 5. The van der Waals surface area contributed by atoms with Gasteiger partial charge in [-0.25, -0.2) is 0 Å². The molecule has 0 aliphatic rings. The van der Waals surface area contributed by atoms with Crippen molar-refractivity contribution in [1.29, 1.82) is 0 Å². The molecule has 2 aromatic rings. The summed E-state index contributed by atoms with van der Waals surface area (Å²) in [5, 5.41) is 19.5. The summed E-state index contributed by atoms with van der Waals surface area (Å²) in [6.45, 7) is 0. The minimum atomic E-state index is -0.851. The fraction of sp³-hybridized carbons (Fsp3) is 0.333. The quantitative estimate of drug-likeness (QED) is 0.802. The molecule has 0 fully saturated rings. The minimum Gasteiger partial charge on any atom is -0.469 e. The average molecular weight is 222 g/mol. The Morgan fingerprint density at radius 1 is 0.875 bits per heavy atom. The van der Waals surface area contributed by atoms with Crippen molar-refractivity contribution in [2.45, 2.75) is 25.0 Å². The number of aliphatic hydroxyl groups is 2. The van der Waals surface area contributed by atoms with Gasteiger partial charge in [0, 0.05) is 12.8 Å². The highest BCUT2D eigenvalue weighted by Crippen LogP contribution is 2.11. The highest BCUT2D eigenvalue weighted by Gasteiger charge is 2.19. The van der Waals surface area contributed by atoms with Crippen molar-refractivity contribution >= 4 is 0 Å². The summed E-state index contributed by atoms with van der Waals surface area (Å²) in [6.07, 6.45) is 1.98. The van der Waals surface area contributed by atoms with E-state index >= 15 is 0 Å². The lowest BCUT2D eigenvalue weighted by Crippen LogP contribution is -2.29. The fourth-order valence-corrected chi connectivity index (χ4v) is 1.54. The maximum atomic E-state index is 9.74. The average Bonchev–Trinajstić information content (AvgIpc) is 2.90. The van der Waals surface area contributed by atoms with Crippen LogP contribution >= 0.6 is 0 Å². The largest absolute Gasteiger partial charge is 0.469 e. The molecule has 2 aromatic heterocycles. The molecule has 0 saturated carbocycles. The van der Waals surface area contributed by atoms with Crippen LogP contribution in [0.4, 0.5) is 0 Å². The second kappa shape index (κ2) is 5.01. The van der Waals surface area contributed by atoms with E-state index in [2.05, 4.69) is 0 Å². The summed E-state index contributed by atoms with van der Waals surface area (Å²) < 4.78 is 10.2. The van der Waals surface area contributed by atoms with E-state index < -0.39 is 12.2 Å². The lowest BCUT2D eigenvalue weighted by Gasteiger charge is -2.15. The van der Waals surface area contributed by atoms with Crippen LogP contribution in [0.5, 0.6) is 0 Å². The van der Waals surface area contributed by atoms with Gasteiger partial charge in [0.1, 0.15) is 11.5 Å². The van der Waals surface area contributed by atoms with Crippen LogP contribution < -0.4 is 0 Å². The van der Waals surface area contributed by atoms with Crippen molar-refractivity contribution in [3.05, 3.63) is 48.3 Å². The number of hydrogen-bond donors (Lipinski definition) is 2. The van der Waals surface area contributed by atoms with Gasteiger partial charge < -0.3 is 19.0 Å². The molecule has 86 valence electrons. The summed E-state index contributed by atoms with van der Waals surface area (Å²) in [5.74, 6) is 1.32. The molecule has 0 bridgehead atoms. The molecule has 0 spiro atoms. The van der Waals surface area contributed by atoms with E-state index in [4.69, 9.17) is 8.83 Å². The molecule has 0 unspecified atom stereocenters. The molecule has 2 rings (SSSR count). The second-order valence-electron chi connectivity index (χ2n) is 3.70. The van der Waals surface area contributed by atoms with Crippen molar-refractivity contribution in [1.82, 2.24) is 0 Å². The molecule has 0 radical (unpaired) electrons. The van der Waals surface area contributed by atoms with Crippen LogP contribution in [0.3, 0.4) is 0 Å². The molecule has 0 saturated heterocycles. The molecule has 0 aliphatic heterocycles. The zero-order valence-electron chi connectivity index (χ0n) is 8.74. The normalized spacial score (nSPS) is 14.9. The van der Waals surface area contributed by atoms with Crippen LogP contribution in [0.2, 0.25) is 0 Å². The van der Waals surface area contributed by atoms with E-state index in [9.17, 15) is 10.2 Å². The smallest absolute Gasteiger partial charge is 0.106 e. The standard InChI is InChI=1S/C12H14O4/c13-11(7-9-3-1-5-15-9)12(14)8-10-4-2-6-16-10/h1-6,11-14H,7-8H2/t11-,12-/m0/s1. The van der Waals surface area contributed by atoms with Gasteiger partial charge in [-0.1, -0.05) is 0 Å². The van der Waals surface area contributed by atoms with Crippen LogP contribution in [0.15, 0.2) is 45.6 Å². The molecule has 0 aliphatic carbocycles. The lowest BCUT2D eigenvalue weighted by molar-refractivity contribution is 0.0150. The summed E-state index contributed by atoms with van der Waals surface area (Å²) >= 11 is 0. The third kappa shape index (κ3) is 2.74. The van der Waals surface area contributed by atoms with Gasteiger partial charge in [-0.2, -0.15) is 0 Å². The van der Waals surface area contributed by atoms with Crippen LogP contribution in [-0.2, 0) is 12.8 Å². The Morgan fingerprint density at radius 2 is 1.31 bits per heavy atom. The third-order valence-corrected chi connectivity index (χ3v) is 2.42. The van der Waals surface area contributed by atoms with Crippen molar-refractivity contribution < 1.29 is 19.0 Å². The monoisotopic (exact) mass is 222 g/mol. The molecule has 0 amide bonds. The first-order chi connectivity index (χ1) is 7.75. The molecule has 4 nitrogen and oxygen atoms in total. The van der Waals surface area contributed by atoms with Gasteiger partial charge in [0.05, 0.1) is 24.7 Å². The maximum absolute atomic E-state index is 9.74. The van der Waals surface area contributed by atoms with Gasteiger partial charge in [0.25, 0.3) is 0 Å². The van der Waals surface area contributed by atoms with E-state index in [-0.39, 0.29) is 0 Å². The first-order valence-corrected chi connectivity index (χ1v) is 5.16. The van der Waals surface area contributed by atoms with E-state index in [1.165, 1.54) is 0 Å². The number of hydrogen-bond acceptors (Lipinski definition) is 4. The van der Waals surface area contributed by atoms with Crippen LogP contribution in [0, 0.1) is 0 Å². The molecular formula is C12H14O4. The Morgan fingerprint density at radius 3 is 1.62 bits per heavy atom. The molecule has 4 heteroatoms. The molecule has 2 atom stereocenters. The maximum Gasteiger partial charge on any atom is 0.106 e. The van der Waals surface area contributed by atoms with Gasteiger partial charge in [-0.05, 0) is 24.3 Å². The van der Waals surface area contributed by atoms with Gasteiger partial charge in [-0.3, -0.25) is 0 Å². The summed E-state index contributed by atoms with van der Waals surface area (Å²) in [6, 6.07) is 7.04. The molecule has 2 N–H and O–H groups in total. The topological polar surface area (TPSA) is 66.7 Å². The zero-order chi connectivity index (χ0) is 11.4. The first kappa shape index (κ1) is 11.0. The van der Waals surface area contributed by atoms with Gasteiger partial charge >= 0.3 is 0 Å². The molecular weight excluding hydrogens is 208 g/mol. The number of furan rings is 2. The number of aliphatic hydroxyl groups excluding tert-OH is 2. The first-order valence-electron chi connectivity index (χ1n) is 5.16. The summed E-state index contributed by atoms with van der Waals surface area (Å²) in [7, 11) is 0. The van der Waals surface area contributed by atoms with Gasteiger partial charge in [0.2, 0.25) is 0 Å². The molecule has 16 heavy (non-hydrogen) atoms. The van der Waals surface area contributed by atoms with Crippen molar-refractivity contribution in [2.24, 2.45) is 0 Å². The Kier molecular flexibility index (Phi) is 3.44. The Hall–Kier alpha value is -1.52. The summed E-state index contributed by atoms with van der Waals surface area (Å²) in [4.78, 5) is 0. The van der Waals surface area contributed by atoms with E-state index in [1.807, 2.05) is 0 Å². The third-order valence-electron chi connectivity index (χ3n) is 2.42. The Bertz CT molecular complexity index is 350. The zero-order valence-corrected chi connectivity index (χ0v) is 8.74. The van der Waals surface area contributed by atoms with Crippen LogP contribution in [-0.4, -0.2) is 22.4 Å². The fourth-order valence-electron chi connectivity index (χ4n) is 1.54. The highest BCUT2D eigenvalue weighted by atomic mass is 16.3. The van der Waals surface area contributed by atoms with E-state index in [0.29, 0.717) is 24.4 Å². The SMILES string of the molecule is O[C@@H](Cc1ccco1)[C@@H](O)Cc1ccco1. The van der Waals surface area contributed by atoms with Gasteiger partial charge in [-0.15, -0.1) is 0 Å². The lowest BCUT2D eigenvalue weighted by atomic mass is 10.1. The van der Waals surface area contributed by atoms with E-state index in [1.54, 1.807) is 36.8 Å². The van der Waals surface area contributed by atoms with Crippen LogP contribution in [0.1, 0.15) is 11.5 Å². The predicted molar refractivity (Wildman–Crippen MR) is 56.8 cm³/mol. The van der Waals surface area contributed by atoms with Crippen molar-refractivity contribution in [2.75, 3.05) is 0 Å². The second-order valence-corrected chi connectivity index (χ2v) is 3.70. The van der Waals surface area contributed by atoms with E-state index in [0.717, 1.165) is 0 Å². The van der Waals surface area contributed by atoms with Gasteiger partial charge in [0.15, 0.2) is 0 Å². The van der Waals surface area contributed by atoms with Crippen molar-refractivity contribution in [3.8, 4) is 0 Å². The summed E-state index contributed by atoms with van der Waals surface area (Å²) in [5.41, 5.74) is 0. The molecule has 0 aromatic carbocycles. The Labute approximate surface area is 93.1 Å².